The Labute approximate surface area is 191 Å². The molecular weight excluding hydrogens is 416 g/mol. The minimum atomic E-state index is -1.21. The smallest absolute Gasteiger partial charge is 0.325 e. The van der Waals surface area contributed by atoms with Gasteiger partial charge in [-0.05, 0) is 18.1 Å². The van der Waals surface area contributed by atoms with Crippen LogP contribution in [0.3, 0.4) is 0 Å². The lowest BCUT2D eigenvalue weighted by Crippen LogP contribution is -2.46. The molecule has 4 aromatic rings. The summed E-state index contributed by atoms with van der Waals surface area (Å²) in [5.74, 6) is 0.256. The molecule has 1 aliphatic rings. The van der Waals surface area contributed by atoms with E-state index in [1.807, 2.05) is 91.9 Å². The number of aryl methyl sites for hydroxylation is 1. The third kappa shape index (κ3) is 3.89. The highest BCUT2D eigenvalue weighted by atomic mass is 16.5. The minimum absolute atomic E-state index is 0.104. The van der Waals surface area contributed by atoms with Crippen molar-refractivity contribution in [1.82, 2.24) is 20.4 Å². The fraction of sp³-hybridized carbons (Fsp3) is 0.154. The molecule has 1 unspecified atom stereocenters. The molecule has 33 heavy (non-hydrogen) atoms. The van der Waals surface area contributed by atoms with Gasteiger partial charge in [0.1, 0.15) is 6.54 Å². The number of hydrogen-bond acceptors (Lipinski definition) is 5. The van der Waals surface area contributed by atoms with Crippen LogP contribution in [0.5, 0.6) is 0 Å². The molecule has 0 saturated carbocycles. The summed E-state index contributed by atoms with van der Waals surface area (Å²) in [7, 11) is 0. The Hall–Kier alpha value is -4.26. The second kappa shape index (κ2) is 8.35. The third-order valence-corrected chi connectivity index (χ3v) is 5.83. The van der Waals surface area contributed by atoms with Crippen LogP contribution in [0.4, 0.5) is 4.79 Å². The molecule has 1 saturated heterocycles. The maximum Gasteiger partial charge on any atom is 0.325 e. The number of urea groups is 1. The van der Waals surface area contributed by atoms with Gasteiger partial charge in [0, 0.05) is 12.0 Å². The minimum Gasteiger partial charge on any atom is -0.337 e. The van der Waals surface area contributed by atoms with Crippen molar-refractivity contribution in [3.63, 3.8) is 0 Å². The van der Waals surface area contributed by atoms with Crippen molar-refractivity contribution in [3.8, 4) is 11.4 Å². The number of hydrogen-bond donors (Lipinski definition) is 1. The monoisotopic (exact) mass is 438 g/mol. The van der Waals surface area contributed by atoms with Crippen LogP contribution in [0, 0.1) is 6.92 Å². The van der Waals surface area contributed by atoms with Crippen molar-refractivity contribution in [2.24, 2.45) is 0 Å². The Morgan fingerprint density at radius 3 is 2.27 bits per heavy atom. The van der Waals surface area contributed by atoms with E-state index in [1.165, 1.54) is 0 Å². The number of carbonyl (C=O) groups excluding carboxylic acids is 2. The molecule has 0 radical (unpaired) electrons. The molecule has 1 fully saturated rings. The highest BCUT2D eigenvalue weighted by molar-refractivity contribution is 6.07. The normalized spacial score (nSPS) is 17.9. The number of aromatic nitrogens is 2. The lowest BCUT2D eigenvalue weighted by atomic mass is 9.83. The number of nitrogens with one attached hydrogen (secondary N) is 1. The van der Waals surface area contributed by atoms with Crippen LogP contribution in [0.25, 0.3) is 11.4 Å². The molecule has 5 rings (SSSR count). The van der Waals surface area contributed by atoms with Gasteiger partial charge in [0.15, 0.2) is 5.54 Å². The first-order chi connectivity index (χ1) is 16.0. The second-order valence-electron chi connectivity index (χ2n) is 8.13. The van der Waals surface area contributed by atoms with Gasteiger partial charge in [0.25, 0.3) is 5.91 Å². The molecule has 0 bridgehead atoms. The number of rotatable bonds is 6. The van der Waals surface area contributed by atoms with Gasteiger partial charge in [0.2, 0.25) is 11.7 Å². The SMILES string of the molecule is Cc1ccc(-c2noc(CN3C(=O)NC(Cc4ccccc4)(c4ccccc4)C3=O)n2)cc1. The quantitative estimate of drug-likeness (QED) is 0.455. The number of benzene rings is 3. The zero-order valence-electron chi connectivity index (χ0n) is 18.1. The molecule has 2 heterocycles. The standard InChI is InChI=1S/C26H22N4O3/c1-18-12-14-20(15-13-18)23-27-22(33-29-23)17-30-24(31)26(28-25(30)32,21-10-6-3-7-11-21)16-19-8-4-2-5-9-19/h2-15H,16-17H2,1H3,(H,28,32). The fourth-order valence-corrected chi connectivity index (χ4v) is 4.09. The van der Waals surface area contributed by atoms with E-state index in [-0.39, 0.29) is 18.3 Å². The van der Waals surface area contributed by atoms with Crippen molar-refractivity contribution in [3.05, 3.63) is 108 Å². The lowest BCUT2D eigenvalue weighted by molar-refractivity contribution is -0.132. The third-order valence-electron chi connectivity index (χ3n) is 5.83. The highest BCUT2D eigenvalue weighted by Gasteiger charge is 2.52. The molecule has 1 atom stereocenters. The predicted octanol–water partition coefficient (Wildman–Crippen LogP) is 4.24. The Morgan fingerprint density at radius 1 is 0.909 bits per heavy atom. The van der Waals surface area contributed by atoms with Crippen LogP contribution in [-0.4, -0.2) is 27.0 Å². The van der Waals surface area contributed by atoms with Crippen molar-refractivity contribution in [2.45, 2.75) is 25.4 Å². The Balaban J connectivity index is 1.44. The van der Waals surface area contributed by atoms with Gasteiger partial charge in [-0.25, -0.2) is 4.79 Å². The molecule has 7 heteroatoms. The Morgan fingerprint density at radius 2 is 1.58 bits per heavy atom. The molecular formula is C26H22N4O3. The van der Waals surface area contributed by atoms with Gasteiger partial charge in [0.05, 0.1) is 0 Å². The van der Waals surface area contributed by atoms with Gasteiger partial charge in [-0.15, -0.1) is 0 Å². The van der Waals surface area contributed by atoms with Crippen LogP contribution in [0.1, 0.15) is 22.6 Å². The number of imide groups is 1. The van der Waals surface area contributed by atoms with E-state index in [0.29, 0.717) is 12.2 Å². The summed E-state index contributed by atoms with van der Waals surface area (Å²) < 4.78 is 5.37. The van der Waals surface area contributed by atoms with E-state index >= 15 is 0 Å². The van der Waals surface area contributed by atoms with E-state index in [4.69, 9.17) is 4.52 Å². The Kier molecular flexibility index (Phi) is 5.22. The van der Waals surface area contributed by atoms with Gasteiger partial charge in [-0.2, -0.15) is 4.98 Å². The maximum absolute atomic E-state index is 13.7. The molecule has 7 nitrogen and oxygen atoms in total. The van der Waals surface area contributed by atoms with E-state index in [1.54, 1.807) is 0 Å². The van der Waals surface area contributed by atoms with E-state index in [0.717, 1.165) is 27.2 Å². The topological polar surface area (TPSA) is 88.3 Å². The maximum atomic E-state index is 13.7. The predicted molar refractivity (Wildman–Crippen MR) is 122 cm³/mol. The molecule has 0 spiro atoms. The lowest BCUT2D eigenvalue weighted by Gasteiger charge is -2.27. The molecule has 1 aliphatic heterocycles. The van der Waals surface area contributed by atoms with E-state index in [9.17, 15) is 9.59 Å². The van der Waals surface area contributed by atoms with Crippen molar-refractivity contribution < 1.29 is 14.1 Å². The summed E-state index contributed by atoms with van der Waals surface area (Å²) in [5, 5.41) is 6.96. The molecule has 3 aromatic carbocycles. The first-order valence-electron chi connectivity index (χ1n) is 10.7. The molecule has 3 amide bonds. The van der Waals surface area contributed by atoms with Crippen LogP contribution in [0.15, 0.2) is 89.5 Å². The van der Waals surface area contributed by atoms with Crippen molar-refractivity contribution >= 4 is 11.9 Å². The summed E-state index contributed by atoms with van der Waals surface area (Å²) in [4.78, 5) is 32.2. The van der Waals surface area contributed by atoms with Crippen molar-refractivity contribution in [2.75, 3.05) is 0 Å². The van der Waals surface area contributed by atoms with Gasteiger partial charge >= 0.3 is 6.03 Å². The molecule has 164 valence electrons. The van der Waals surface area contributed by atoms with E-state index in [2.05, 4.69) is 15.5 Å². The number of carbonyl (C=O) groups is 2. The summed E-state index contributed by atoms with van der Waals surface area (Å²) >= 11 is 0. The summed E-state index contributed by atoms with van der Waals surface area (Å²) in [6.07, 6.45) is 0.331. The summed E-state index contributed by atoms with van der Waals surface area (Å²) in [6, 6.07) is 26.2. The van der Waals surface area contributed by atoms with Gasteiger partial charge in [-0.3, -0.25) is 9.69 Å². The summed E-state index contributed by atoms with van der Waals surface area (Å²) in [5.41, 5.74) is 2.38. The first-order valence-corrected chi connectivity index (χ1v) is 10.7. The average molecular weight is 438 g/mol. The largest absolute Gasteiger partial charge is 0.337 e. The van der Waals surface area contributed by atoms with Crippen molar-refractivity contribution in [1.29, 1.82) is 0 Å². The van der Waals surface area contributed by atoms with E-state index < -0.39 is 11.6 Å². The van der Waals surface area contributed by atoms with Crippen LogP contribution in [0.2, 0.25) is 0 Å². The number of nitrogens with zero attached hydrogens (tertiary/aromatic N) is 3. The molecule has 0 aliphatic carbocycles. The molecule has 1 N–H and O–H groups in total. The van der Waals surface area contributed by atoms with Crippen LogP contribution in [-0.2, 0) is 23.3 Å². The van der Waals surface area contributed by atoms with Gasteiger partial charge in [-0.1, -0.05) is 95.6 Å². The number of amides is 3. The fourth-order valence-electron chi connectivity index (χ4n) is 4.09. The highest BCUT2D eigenvalue weighted by Crippen LogP contribution is 2.33. The average Bonchev–Trinajstić information content (AvgIpc) is 3.40. The second-order valence-corrected chi connectivity index (χ2v) is 8.13. The zero-order valence-corrected chi connectivity index (χ0v) is 18.1. The van der Waals surface area contributed by atoms with Crippen LogP contribution >= 0.6 is 0 Å². The zero-order chi connectivity index (χ0) is 22.8. The summed E-state index contributed by atoms with van der Waals surface area (Å²) in [6.45, 7) is 1.89. The first kappa shape index (κ1) is 20.6. The van der Waals surface area contributed by atoms with Gasteiger partial charge < -0.3 is 9.84 Å². The Bertz CT molecular complexity index is 1290. The van der Waals surface area contributed by atoms with Crippen LogP contribution < -0.4 is 5.32 Å². The molecule has 1 aromatic heterocycles.